The van der Waals surface area contributed by atoms with Gasteiger partial charge in [0.1, 0.15) is 12.4 Å². The Kier molecular flexibility index (Phi) is 8.20. The summed E-state index contributed by atoms with van der Waals surface area (Å²) in [7, 11) is 0. The van der Waals surface area contributed by atoms with E-state index in [1.165, 1.54) is 31.2 Å². The van der Waals surface area contributed by atoms with E-state index in [1.807, 2.05) is 6.92 Å². The number of ether oxygens (including phenoxy) is 3. The van der Waals surface area contributed by atoms with E-state index < -0.39 is 11.1 Å². The molecule has 0 aliphatic rings. The minimum atomic E-state index is -0.925. The van der Waals surface area contributed by atoms with Crippen molar-refractivity contribution in [2.45, 2.75) is 13.8 Å². The predicted octanol–water partition coefficient (Wildman–Crippen LogP) is 2.00. The summed E-state index contributed by atoms with van der Waals surface area (Å²) in [5, 5.41) is 10.5. The van der Waals surface area contributed by atoms with Crippen LogP contribution in [0.3, 0.4) is 0 Å². The van der Waals surface area contributed by atoms with Gasteiger partial charge in [0.25, 0.3) is 5.69 Å². The minimum Gasteiger partial charge on any atom is -0.432 e. The number of carbonyl (C=O) groups is 2. The van der Waals surface area contributed by atoms with Gasteiger partial charge in [0.05, 0.1) is 18.1 Å². The molecule has 0 radical (unpaired) electrons. The zero-order chi connectivity index (χ0) is 17.9. The molecule has 9 heteroatoms. The van der Waals surface area contributed by atoms with Crippen LogP contribution in [0.15, 0.2) is 24.3 Å². The molecule has 0 aromatic heterocycles. The normalized spacial score (nSPS) is 10.1. The van der Waals surface area contributed by atoms with Crippen molar-refractivity contribution in [3.05, 3.63) is 34.4 Å². The van der Waals surface area contributed by atoms with E-state index in [2.05, 4.69) is 0 Å². The van der Waals surface area contributed by atoms with Gasteiger partial charge in [-0.3, -0.25) is 14.9 Å². The number of rotatable bonds is 9. The molecule has 1 aromatic rings. The van der Waals surface area contributed by atoms with Crippen LogP contribution in [0.5, 0.6) is 5.75 Å². The van der Waals surface area contributed by atoms with E-state index in [-0.39, 0.29) is 30.6 Å². The molecule has 0 fully saturated rings. The molecule has 9 nitrogen and oxygen atoms in total. The standard InChI is InChI=1S/C15H20N2O7/c1-3-16(12(2)18)8-9-22-10-11-23-15(19)24-14-6-4-13(5-7-14)17(20)21/h4-7H,3,8-11H2,1-2H3. The first-order valence-corrected chi connectivity index (χ1v) is 7.36. The molecular weight excluding hydrogens is 320 g/mol. The Morgan fingerprint density at radius 3 is 2.38 bits per heavy atom. The van der Waals surface area contributed by atoms with Crippen LogP contribution in [0, 0.1) is 10.1 Å². The van der Waals surface area contributed by atoms with E-state index in [1.54, 1.807) is 4.90 Å². The fourth-order valence-electron chi connectivity index (χ4n) is 1.76. The van der Waals surface area contributed by atoms with Crippen molar-refractivity contribution in [1.82, 2.24) is 4.90 Å². The number of nitro groups is 1. The topological polar surface area (TPSA) is 108 Å². The number of benzene rings is 1. The van der Waals surface area contributed by atoms with Gasteiger partial charge in [0, 0.05) is 32.1 Å². The molecule has 0 spiro atoms. The van der Waals surface area contributed by atoms with Gasteiger partial charge in [0.15, 0.2) is 0 Å². The summed E-state index contributed by atoms with van der Waals surface area (Å²) in [6.45, 7) is 4.95. The van der Waals surface area contributed by atoms with Gasteiger partial charge in [-0.1, -0.05) is 0 Å². The highest BCUT2D eigenvalue weighted by atomic mass is 16.7. The van der Waals surface area contributed by atoms with Gasteiger partial charge in [-0.2, -0.15) is 0 Å². The number of non-ortho nitro benzene ring substituents is 1. The molecule has 0 atom stereocenters. The Hall–Kier alpha value is -2.68. The van der Waals surface area contributed by atoms with Crippen molar-refractivity contribution in [3.8, 4) is 5.75 Å². The van der Waals surface area contributed by atoms with E-state index in [9.17, 15) is 19.7 Å². The van der Waals surface area contributed by atoms with Crippen LogP contribution in [-0.2, 0) is 14.3 Å². The highest BCUT2D eigenvalue weighted by Crippen LogP contribution is 2.17. The first-order chi connectivity index (χ1) is 11.4. The first-order valence-electron chi connectivity index (χ1n) is 7.36. The molecule has 0 N–H and O–H groups in total. The number of nitro benzene ring substituents is 1. The largest absolute Gasteiger partial charge is 0.513 e. The van der Waals surface area contributed by atoms with Crippen LogP contribution in [0.4, 0.5) is 10.5 Å². The Bertz CT molecular complexity index is 559. The SMILES string of the molecule is CCN(CCOCCOC(=O)Oc1ccc([N+](=O)[O-])cc1)C(C)=O. The lowest BCUT2D eigenvalue weighted by molar-refractivity contribution is -0.384. The van der Waals surface area contributed by atoms with E-state index >= 15 is 0 Å². The van der Waals surface area contributed by atoms with Crippen molar-refractivity contribution >= 4 is 17.7 Å². The van der Waals surface area contributed by atoms with Crippen molar-refractivity contribution in [1.29, 1.82) is 0 Å². The Balaban J connectivity index is 2.18. The monoisotopic (exact) mass is 340 g/mol. The van der Waals surface area contributed by atoms with Crippen LogP contribution >= 0.6 is 0 Å². The molecule has 1 aromatic carbocycles. The fraction of sp³-hybridized carbons (Fsp3) is 0.467. The molecule has 0 saturated heterocycles. The second-order valence-corrected chi connectivity index (χ2v) is 4.66. The van der Waals surface area contributed by atoms with Gasteiger partial charge < -0.3 is 19.1 Å². The Morgan fingerprint density at radius 1 is 1.17 bits per heavy atom. The first kappa shape index (κ1) is 19.4. The molecule has 0 bridgehead atoms. The molecule has 132 valence electrons. The molecular formula is C15H20N2O7. The lowest BCUT2D eigenvalue weighted by Gasteiger charge is -2.18. The van der Waals surface area contributed by atoms with Crippen molar-refractivity contribution in [3.63, 3.8) is 0 Å². The summed E-state index contributed by atoms with van der Waals surface area (Å²) < 4.78 is 14.9. The summed E-state index contributed by atoms with van der Waals surface area (Å²) in [5.41, 5.74) is -0.101. The molecule has 1 rings (SSSR count). The summed E-state index contributed by atoms with van der Waals surface area (Å²) in [6.07, 6.45) is -0.925. The Labute approximate surface area is 139 Å². The van der Waals surface area contributed by atoms with Crippen LogP contribution < -0.4 is 4.74 Å². The third-order valence-corrected chi connectivity index (χ3v) is 3.03. The maximum Gasteiger partial charge on any atom is 0.513 e. The lowest BCUT2D eigenvalue weighted by atomic mass is 10.3. The molecule has 0 saturated carbocycles. The smallest absolute Gasteiger partial charge is 0.432 e. The maximum absolute atomic E-state index is 11.4. The third-order valence-electron chi connectivity index (χ3n) is 3.03. The molecule has 0 unspecified atom stereocenters. The highest BCUT2D eigenvalue weighted by molar-refractivity contribution is 5.73. The zero-order valence-corrected chi connectivity index (χ0v) is 13.6. The van der Waals surface area contributed by atoms with E-state index in [0.29, 0.717) is 19.7 Å². The van der Waals surface area contributed by atoms with Crippen LogP contribution in [0.1, 0.15) is 13.8 Å². The average molecular weight is 340 g/mol. The predicted molar refractivity (Wildman–Crippen MR) is 83.8 cm³/mol. The summed E-state index contributed by atoms with van der Waals surface area (Å²) >= 11 is 0. The quantitative estimate of drug-likeness (QED) is 0.222. The maximum atomic E-state index is 11.4. The number of amides is 1. The number of nitrogens with zero attached hydrogens (tertiary/aromatic N) is 2. The molecule has 24 heavy (non-hydrogen) atoms. The van der Waals surface area contributed by atoms with Crippen molar-refractivity contribution in [2.24, 2.45) is 0 Å². The van der Waals surface area contributed by atoms with E-state index in [4.69, 9.17) is 14.2 Å². The molecule has 0 aliphatic heterocycles. The van der Waals surface area contributed by atoms with Gasteiger partial charge in [-0.15, -0.1) is 0 Å². The van der Waals surface area contributed by atoms with Crippen LogP contribution in [0.2, 0.25) is 0 Å². The molecule has 1 amide bonds. The van der Waals surface area contributed by atoms with Gasteiger partial charge in [-0.25, -0.2) is 4.79 Å². The minimum absolute atomic E-state index is 0.00197. The summed E-state index contributed by atoms with van der Waals surface area (Å²) in [6, 6.07) is 5.05. The second kappa shape index (κ2) is 10.2. The zero-order valence-electron chi connectivity index (χ0n) is 13.6. The molecule has 0 heterocycles. The number of hydrogen-bond acceptors (Lipinski definition) is 7. The average Bonchev–Trinajstić information content (AvgIpc) is 2.54. The van der Waals surface area contributed by atoms with Gasteiger partial charge in [-0.05, 0) is 19.1 Å². The number of hydrogen-bond donors (Lipinski definition) is 0. The fourth-order valence-corrected chi connectivity index (χ4v) is 1.76. The van der Waals surface area contributed by atoms with Crippen LogP contribution in [0.25, 0.3) is 0 Å². The van der Waals surface area contributed by atoms with Crippen molar-refractivity contribution < 1.29 is 28.7 Å². The number of likely N-dealkylation sites (N-methyl/N-ethyl adjacent to an activating group) is 1. The van der Waals surface area contributed by atoms with E-state index in [0.717, 1.165) is 0 Å². The van der Waals surface area contributed by atoms with Crippen molar-refractivity contribution in [2.75, 3.05) is 32.9 Å². The summed E-state index contributed by atoms with van der Waals surface area (Å²) in [5.74, 6) is 0.121. The van der Waals surface area contributed by atoms with Gasteiger partial charge >= 0.3 is 6.16 Å². The lowest BCUT2D eigenvalue weighted by Crippen LogP contribution is -2.32. The Morgan fingerprint density at radius 2 is 1.83 bits per heavy atom. The molecule has 0 aliphatic carbocycles. The highest BCUT2D eigenvalue weighted by Gasteiger charge is 2.09. The second-order valence-electron chi connectivity index (χ2n) is 4.66. The number of carbonyl (C=O) groups excluding carboxylic acids is 2. The summed E-state index contributed by atoms with van der Waals surface area (Å²) in [4.78, 5) is 34.2. The van der Waals surface area contributed by atoms with Gasteiger partial charge in [0.2, 0.25) is 5.91 Å². The third kappa shape index (κ3) is 7.05. The van der Waals surface area contributed by atoms with Crippen LogP contribution in [-0.4, -0.2) is 54.8 Å².